The van der Waals surface area contributed by atoms with Crippen LogP contribution in [0, 0.1) is 5.92 Å². The smallest absolute Gasteiger partial charge is 0.119 e. The molecular formula is C13H19BrINO. The van der Waals surface area contributed by atoms with Gasteiger partial charge in [-0.3, -0.25) is 0 Å². The van der Waals surface area contributed by atoms with Crippen molar-refractivity contribution >= 4 is 38.5 Å². The van der Waals surface area contributed by atoms with Crippen molar-refractivity contribution in [3.63, 3.8) is 0 Å². The van der Waals surface area contributed by atoms with Gasteiger partial charge in [0.15, 0.2) is 0 Å². The molecule has 0 aromatic heterocycles. The molecule has 0 heterocycles. The molecule has 0 fully saturated rings. The molecule has 0 spiro atoms. The van der Waals surface area contributed by atoms with Crippen LogP contribution in [-0.2, 0) is 0 Å². The van der Waals surface area contributed by atoms with Gasteiger partial charge >= 0.3 is 0 Å². The van der Waals surface area contributed by atoms with Gasteiger partial charge in [-0.15, -0.1) is 0 Å². The van der Waals surface area contributed by atoms with Crippen LogP contribution in [0.15, 0.2) is 28.7 Å². The summed E-state index contributed by atoms with van der Waals surface area (Å²) in [4.78, 5) is 0. The predicted octanol–water partition coefficient (Wildman–Crippen LogP) is 3.88. The zero-order chi connectivity index (χ0) is 12.7. The van der Waals surface area contributed by atoms with E-state index in [1.807, 2.05) is 24.3 Å². The molecule has 0 aliphatic carbocycles. The molecule has 0 radical (unpaired) electrons. The molecule has 1 rings (SSSR count). The first-order valence-corrected chi connectivity index (χ1v) is 8.13. The highest BCUT2D eigenvalue weighted by Gasteiger charge is 2.09. The second-order valence-corrected chi connectivity index (χ2v) is 6.06. The van der Waals surface area contributed by atoms with E-state index < -0.39 is 0 Å². The Hall–Kier alpha value is 0.190. The first-order chi connectivity index (χ1) is 8.13. The summed E-state index contributed by atoms with van der Waals surface area (Å²) in [5, 5.41) is 3.51. The molecule has 96 valence electrons. The van der Waals surface area contributed by atoms with Crippen LogP contribution in [0.5, 0.6) is 5.75 Å². The summed E-state index contributed by atoms with van der Waals surface area (Å²) in [6.07, 6.45) is 0. The van der Waals surface area contributed by atoms with Gasteiger partial charge in [0, 0.05) is 21.5 Å². The Labute approximate surface area is 126 Å². The van der Waals surface area contributed by atoms with Gasteiger partial charge in [0.1, 0.15) is 12.4 Å². The fourth-order valence-corrected chi connectivity index (χ4v) is 3.01. The van der Waals surface area contributed by atoms with Crippen molar-refractivity contribution in [1.82, 2.24) is 5.32 Å². The number of rotatable bonds is 7. The quantitative estimate of drug-likeness (QED) is 0.417. The van der Waals surface area contributed by atoms with Crippen molar-refractivity contribution < 1.29 is 4.74 Å². The topological polar surface area (TPSA) is 21.3 Å². The van der Waals surface area contributed by atoms with Crippen LogP contribution >= 0.6 is 38.5 Å². The average Bonchev–Trinajstić information content (AvgIpc) is 2.31. The molecule has 0 saturated carbocycles. The summed E-state index contributed by atoms with van der Waals surface area (Å²) in [5.41, 5.74) is 0. The second kappa shape index (κ2) is 8.32. The molecule has 0 saturated heterocycles. The van der Waals surface area contributed by atoms with Gasteiger partial charge in [-0.2, -0.15) is 0 Å². The van der Waals surface area contributed by atoms with Crippen LogP contribution < -0.4 is 10.1 Å². The number of alkyl halides is 1. The molecule has 17 heavy (non-hydrogen) atoms. The van der Waals surface area contributed by atoms with Crippen LogP contribution in [0.25, 0.3) is 0 Å². The average molecular weight is 412 g/mol. The van der Waals surface area contributed by atoms with Crippen LogP contribution in [0.1, 0.15) is 13.8 Å². The second-order valence-electron chi connectivity index (χ2n) is 4.26. The Kier molecular flexibility index (Phi) is 7.46. The third-order valence-corrected chi connectivity index (χ3v) is 4.04. The zero-order valence-electron chi connectivity index (χ0n) is 10.2. The van der Waals surface area contributed by atoms with E-state index in [-0.39, 0.29) is 0 Å². The Morgan fingerprint density at radius 2 is 1.94 bits per heavy atom. The lowest BCUT2D eigenvalue weighted by atomic mass is 10.1. The number of hydrogen-bond donors (Lipinski definition) is 1. The molecule has 4 heteroatoms. The van der Waals surface area contributed by atoms with Gasteiger partial charge in [0.25, 0.3) is 0 Å². The Bertz CT molecular complexity index is 316. The van der Waals surface area contributed by atoms with Crippen molar-refractivity contribution in [2.45, 2.75) is 19.9 Å². The third-order valence-electron chi connectivity index (χ3n) is 2.56. The standard InChI is InChI=1S/C13H19BrINO/c1-10(2)13(9-15)16-7-8-17-12-5-3-11(14)4-6-12/h3-6,10,13,16H,7-9H2,1-2H3. The normalized spacial score (nSPS) is 12.8. The van der Waals surface area contributed by atoms with Crippen molar-refractivity contribution in [1.29, 1.82) is 0 Å². The maximum atomic E-state index is 5.65. The van der Waals surface area contributed by atoms with Gasteiger partial charge in [-0.1, -0.05) is 52.4 Å². The summed E-state index contributed by atoms with van der Waals surface area (Å²) in [5.74, 6) is 1.59. The van der Waals surface area contributed by atoms with Crippen molar-refractivity contribution in [2.24, 2.45) is 5.92 Å². The Balaban J connectivity index is 2.22. The molecule has 0 bridgehead atoms. The first kappa shape index (κ1) is 15.2. The van der Waals surface area contributed by atoms with Crippen molar-refractivity contribution in [2.75, 3.05) is 17.6 Å². The maximum Gasteiger partial charge on any atom is 0.119 e. The highest BCUT2D eigenvalue weighted by Crippen LogP contribution is 2.15. The van der Waals surface area contributed by atoms with Gasteiger partial charge in [-0.25, -0.2) is 0 Å². The number of halogens is 2. The minimum atomic E-state index is 0.573. The minimum Gasteiger partial charge on any atom is -0.492 e. The number of benzene rings is 1. The molecule has 0 aliphatic rings. The van der Waals surface area contributed by atoms with E-state index in [0.29, 0.717) is 18.6 Å². The summed E-state index contributed by atoms with van der Waals surface area (Å²) in [6.45, 7) is 6.08. The molecule has 1 aromatic rings. The van der Waals surface area contributed by atoms with Gasteiger partial charge in [0.05, 0.1) is 0 Å². The van der Waals surface area contributed by atoms with E-state index in [4.69, 9.17) is 4.74 Å². The summed E-state index contributed by atoms with van der Waals surface area (Å²) in [7, 11) is 0. The minimum absolute atomic E-state index is 0.573. The predicted molar refractivity (Wildman–Crippen MR) is 85.2 cm³/mol. The third kappa shape index (κ3) is 6.06. The zero-order valence-corrected chi connectivity index (χ0v) is 14.0. The molecule has 0 amide bonds. The molecular weight excluding hydrogens is 393 g/mol. The van der Waals surface area contributed by atoms with Crippen molar-refractivity contribution in [3.8, 4) is 5.75 Å². The van der Waals surface area contributed by atoms with Gasteiger partial charge in [0.2, 0.25) is 0 Å². The van der Waals surface area contributed by atoms with Gasteiger partial charge < -0.3 is 10.1 Å². The molecule has 1 aromatic carbocycles. The van der Waals surface area contributed by atoms with E-state index >= 15 is 0 Å². The maximum absolute atomic E-state index is 5.65. The van der Waals surface area contributed by atoms with Crippen LogP contribution in [-0.4, -0.2) is 23.6 Å². The molecule has 1 unspecified atom stereocenters. The lowest BCUT2D eigenvalue weighted by molar-refractivity contribution is 0.298. The van der Waals surface area contributed by atoms with E-state index in [1.54, 1.807) is 0 Å². The Morgan fingerprint density at radius 3 is 2.47 bits per heavy atom. The van der Waals surface area contributed by atoms with Crippen molar-refractivity contribution in [3.05, 3.63) is 28.7 Å². The lowest BCUT2D eigenvalue weighted by Gasteiger charge is -2.20. The van der Waals surface area contributed by atoms with Gasteiger partial charge in [-0.05, 0) is 30.2 Å². The first-order valence-electron chi connectivity index (χ1n) is 5.81. The largest absolute Gasteiger partial charge is 0.492 e. The number of hydrogen-bond acceptors (Lipinski definition) is 2. The fourth-order valence-electron chi connectivity index (χ4n) is 1.41. The monoisotopic (exact) mass is 411 g/mol. The fraction of sp³-hybridized carbons (Fsp3) is 0.538. The van der Waals surface area contributed by atoms with Crippen LogP contribution in [0.3, 0.4) is 0 Å². The summed E-state index contributed by atoms with van der Waals surface area (Å²) in [6, 6.07) is 8.50. The highest BCUT2D eigenvalue weighted by molar-refractivity contribution is 14.1. The molecule has 0 aliphatic heterocycles. The van der Waals surface area contributed by atoms with Crippen LogP contribution in [0.4, 0.5) is 0 Å². The number of nitrogens with one attached hydrogen (secondary N) is 1. The van der Waals surface area contributed by atoms with E-state index in [1.165, 1.54) is 0 Å². The Morgan fingerprint density at radius 1 is 1.29 bits per heavy atom. The molecule has 2 nitrogen and oxygen atoms in total. The SMILES string of the molecule is CC(C)C(CI)NCCOc1ccc(Br)cc1. The summed E-state index contributed by atoms with van der Waals surface area (Å²) < 4.78 is 7.86. The molecule has 1 atom stereocenters. The highest BCUT2D eigenvalue weighted by atomic mass is 127. The van der Waals surface area contributed by atoms with E-state index in [0.717, 1.165) is 21.2 Å². The van der Waals surface area contributed by atoms with E-state index in [9.17, 15) is 0 Å². The summed E-state index contributed by atoms with van der Waals surface area (Å²) >= 11 is 5.83. The number of ether oxygens (including phenoxy) is 1. The van der Waals surface area contributed by atoms with E-state index in [2.05, 4.69) is 57.7 Å². The van der Waals surface area contributed by atoms with Crippen LogP contribution in [0.2, 0.25) is 0 Å². The lowest BCUT2D eigenvalue weighted by Crippen LogP contribution is -2.37. The molecule has 1 N–H and O–H groups in total.